The second kappa shape index (κ2) is 5.18. The van der Waals surface area contributed by atoms with E-state index in [0.717, 1.165) is 16.6 Å². The highest BCUT2D eigenvalue weighted by molar-refractivity contribution is 7.91. The fourth-order valence-corrected chi connectivity index (χ4v) is 4.35. The lowest BCUT2D eigenvalue weighted by Gasteiger charge is -2.12. The number of carbonyl (C=O) groups is 1. The number of aromatic nitrogens is 1. The highest BCUT2D eigenvalue weighted by atomic mass is 32.2. The predicted octanol–water partition coefficient (Wildman–Crippen LogP) is 1.68. The van der Waals surface area contributed by atoms with Crippen LogP contribution in [0.2, 0.25) is 0 Å². The Morgan fingerprint density at radius 3 is 2.86 bits per heavy atom. The van der Waals surface area contributed by atoms with Crippen LogP contribution in [0.5, 0.6) is 0 Å². The maximum atomic E-state index is 12.0. The summed E-state index contributed by atoms with van der Waals surface area (Å²) in [5.74, 6) is -0.331. The summed E-state index contributed by atoms with van der Waals surface area (Å²) in [6, 6.07) is 9.84. The molecular formula is C15H17NO4S. The fourth-order valence-electron chi connectivity index (χ4n) is 2.76. The molecule has 0 saturated carbocycles. The van der Waals surface area contributed by atoms with Crippen LogP contribution in [0.15, 0.2) is 30.3 Å². The van der Waals surface area contributed by atoms with Gasteiger partial charge in [-0.15, -0.1) is 0 Å². The summed E-state index contributed by atoms with van der Waals surface area (Å²) in [5, 5.41) is 1.08. The first-order valence-electron chi connectivity index (χ1n) is 6.89. The van der Waals surface area contributed by atoms with Gasteiger partial charge >= 0.3 is 5.97 Å². The molecule has 3 rings (SSSR count). The average Bonchev–Trinajstić information content (AvgIpc) is 2.90. The Bertz CT molecular complexity index is 791. The molecule has 2 heterocycles. The Morgan fingerprint density at radius 1 is 1.38 bits per heavy atom. The molecule has 0 amide bonds. The number of fused-ring (bicyclic) bond motifs is 1. The first-order chi connectivity index (χ1) is 9.94. The van der Waals surface area contributed by atoms with Crippen molar-refractivity contribution in [2.75, 3.05) is 11.5 Å². The summed E-state index contributed by atoms with van der Waals surface area (Å²) in [7, 11) is -3.03. The van der Waals surface area contributed by atoms with Crippen molar-refractivity contribution >= 4 is 26.7 Å². The molecule has 21 heavy (non-hydrogen) atoms. The molecule has 1 atom stereocenters. The van der Waals surface area contributed by atoms with E-state index in [1.165, 1.54) is 0 Å². The largest absolute Gasteiger partial charge is 0.460 e. The number of carbonyl (C=O) groups excluding carboxylic acids is 1. The van der Waals surface area contributed by atoms with Crippen LogP contribution < -0.4 is 0 Å². The molecule has 6 heteroatoms. The van der Waals surface area contributed by atoms with Gasteiger partial charge < -0.3 is 9.30 Å². The van der Waals surface area contributed by atoms with Crippen molar-refractivity contribution in [3.63, 3.8) is 0 Å². The molecule has 112 valence electrons. The van der Waals surface area contributed by atoms with Crippen molar-refractivity contribution < 1.29 is 17.9 Å². The van der Waals surface area contributed by atoms with Crippen molar-refractivity contribution in [3.05, 3.63) is 36.0 Å². The topological polar surface area (TPSA) is 65.4 Å². The minimum absolute atomic E-state index is 0.0514. The lowest BCUT2D eigenvalue weighted by molar-refractivity contribution is -0.148. The van der Waals surface area contributed by atoms with Gasteiger partial charge in [0.15, 0.2) is 9.84 Å². The van der Waals surface area contributed by atoms with Gasteiger partial charge in [0, 0.05) is 11.2 Å². The summed E-state index contributed by atoms with van der Waals surface area (Å²) < 4.78 is 29.9. The Labute approximate surface area is 123 Å². The molecule has 1 aliphatic rings. The molecule has 0 spiro atoms. The second-order valence-electron chi connectivity index (χ2n) is 5.45. The van der Waals surface area contributed by atoms with Crippen LogP contribution >= 0.6 is 0 Å². The standard InChI is InChI=1S/C15H17NO4S/c1-11-8-12-4-2-3-5-14(12)16(11)9-15(17)20-13-6-7-21(18,19)10-13/h2-5,8,13H,6-7,9-10H2,1H3/t13-/m1/s1. The normalized spacial score (nSPS) is 20.7. The molecule has 1 fully saturated rings. The van der Waals surface area contributed by atoms with Gasteiger partial charge in [0.1, 0.15) is 12.6 Å². The summed E-state index contributed by atoms with van der Waals surface area (Å²) in [6.07, 6.45) is -0.0934. The molecular weight excluding hydrogens is 290 g/mol. The fraction of sp³-hybridized carbons (Fsp3) is 0.400. The van der Waals surface area contributed by atoms with Crippen LogP contribution in [0.3, 0.4) is 0 Å². The summed E-state index contributed by atoms with van der Waals surface area (Å²) in [4.78, 5) is 12.0. The van der Waals surface area contributed by atoms with Gasteiger partial charge in [-0.1, -0.05) is 18.2 Å². The Balaban J connectivity index is 1.74. The van der Waals surface area contributed by atoms with E-state index in [1.807, 2.05) is 41.8 Å². The van der Waals surface area contributed by atoms with Crippen LogP contribution in [0.1, 0.15) is 12.1 Å². The molecule has 0 unspecified atom stereocenters. The van der Waals surface area contributed by atoms with E-state index in [2.05, 4.69) is 0 Å². The average molecular weight is 307 g/mol. The SMILES string of the molecule is Cc1cc2ccccc2n1CC(=O)O[C@@H]1CCS(=O)(=O)C1. The number of aryl methyl sites for hydroxylation is 1. The third-order valence-corrected chi connectivity index (χ3v) is 5.53. The number of nitrogens with zero attached hydrogens (tertiary/aromatic N) is 1. The quantitative estimate of drug-likeness (QED) is 0.809. The third kappa shape index (κ3) is 2.95. The number of rotatable bonds is 3. The molecule has 1 aliphatic heterocycles. The monoisotopic (exact) mass is 307 g/mol. The highest BCUT2D eigenvalue weighted by Gasteiger charge is 2.30. The van der Waals surface area contributed by atoms with Crippen molar-refractivity contribution in [2.24, 2.45) is 0 Å². The number of hydrogen-bond acceptors (Lipinski definition) is 4. The maximum absolute atomic E-state index is 12.0. The molecule has 1 aromatic heterocycles. The van der Waals surface area contributed by atoms with Crippen molar-refractivity contribution in [1.29, 1.82) is 0 Å². The number of para-hydroxylation sites is 1. The van der Waals surface area contributed by atoms with E-state index in [0.29, 0.717) is 6.42 Å². The molecule has 0 N–H and O–H groups in total. The third-order valence-electron chi connectivity index (χ3n) is 3.79. The van der Waals surface area contributed by atoms with Gasteiger partial charge in [0.05, 0.1) is 11.5 Å². The lowest BCUT2D eigenvalue weighted by atomic mass is 10.2. The minimum atomic E-state index is -3.03. The van der Waals surface area contributed by atoms with Gasteiger partial charge in [-0.3, -0.25) is 4.79 Å². The van der Waals surface area contributed by atoms with E-state index in [-0.39, 0.29) is 24.0 Å². The number of sulfone groups is 1. The number of esters is 1. The molecule has 1 aromatic carbocycles. The number of hydrogen-bond donors (Lipinski definition) is 0. The summed E-state index contributed by atoms with van der Waals surface area (Å²) in [6.45, 7) is 2.04. The Hall–Kier alpha value is -1.82. The van der Waals surface area contributed by atoms with Crippen molar-refractivity contribution in [3.8, 4) is 0 Å². The molecule has 0 bridgehead atoms. The Morgan fingerprint density at radius 2 is 2.14 bits per heavy atom. The van der Waals surface area contributed by atoms with Crippen LogP contribution in [0.25, 0.3) is 10.9 Å². The smallest absolute Gasteiger partial charge is 0.326 e. The molecule has 5 nitrogen and oxygen atoms in total. The predicted molar refractivity (Wildman–Crippen MR) is 79.8 cm³/mol. The summed E-state index contributed by atoms with van der Waals surface area (Å²) in [5.41, 5.74) is 1.96. The van der Waals surface area contributed by atoms with Crippen LogP contribution in [0, 0.1) is 6.92 Å². The van der Waals surface area contributed by atoms with E-state index in [4.69, 9.17) is 4.74 Å². The zero-order valence-electron chi connectivity index (χ0n) is 11.8. The first kappa shape index (κ1) is 14.1. The van der Waals surface area contributed by atoms with E-state index in [1.54, 1.807) is 0 Å². The molecule has 0 radical (unpaired) electrons. The van der Waals surface area contributed by atoms with Gasteiger partial charge in [0.25, 0.3) is 0 Å². The molecule has 2 aromatic rings. The zero-order valence-corrected chi connectivity index (χ0v) is 12.6. The van der Waals surface area contributed by atoms with Crippen LogP contribution in [0.4, 0.5) is 0 Å². The minimum Gasteiger partial charge on any atom is -0.460 e. The Kier molecular flexibility index (Phi) is 3.49. The van der Waals surface area contributed by atoms with Gasteiger partial charge in [-0.25, -0.2) is 8.42 Å². The van der Waals surface area contributed by atoms with Crippen molar-refractivity contribution in [2.45, 2.75) is 26.0 Å². The maximum Gasteiger partial charge on any atom is 0.326 e. The van der Waals surface area contributed by atoms with Crippen LogP contribution in [-0.4, -0.2) is 36.6 Å². The van der Waals surface area contributed by atoms with Crippen molar-refractivity contribution in [1.82, 2.24) is 4.57 Å². The summed E-state index contributed by atoms with van der Waals surface area (Å²) >= 11 is 0. The number of ether oxygens (including phenoxy) is 1. The van der Waals surface area contributed by atoms with E-state index < -0.39 is 15.9 Å². The van der Waals surface area contributed by atoms with Gasteiger partial charge in [0.2, 0.25) is 0 Å². The van der Waals surface area contributed by atoms with Gasteiger partial charge in [-0.2, -0.15) is 0 Å². The van der Waals surface area contributed by atoms with E-state index in [9.17, 15) is 13.2 Å². The van der Waals surface area contributed by atoms with E-state index >= 15 is 0 Å². The zero-order chi connectivity index (χ0) is 15.0. The lowest BCUT2D eigenvalue weighted by Crippen LogP contribution is -2.23. The highest BCUT2D eigenvalue weighted by Crippen LogP contribution is 2.20. The van der Waals surface area contributed by atoms with Gasteiger partial charge in [-0.05, 0) is 30.9 Å². The molecule has 0 aliphatic carbocycles. The number of benzene rings is 1. The first-order valence-corrected chi connectivity index (χ1v) is 8.71. The van der Waals surface area contributed by atoms with Crippen LogP contribution in [-0.2, 0) is 25.9 Å². The molecule has 1 saturated heterocycles. The second-order valence-corrected chi connectivity index (χ2v) is 7.67.